The summed E-state index contributed by atoms with van der Waals surface area (Å²) in [5.74, 6) is 0.784. The molecule has 0 aliphatic carbocycles. The highest BCUT2D eigenvalue weighted by Crippen LogP contribution is 2.31. The lowest BCUT2D eigenvalue weighted by Gasteiger charge is -2.04. The Morgan fingerprint density at radius 3 is 2.91 bits per heavy atom. The molecule has 0 bridgehead atoms. The summed E-state index contributed by atoms with van der Waals surface area (Å²) in [6.45, 7) is 0. The van der Waals surface area contributed by atoms with E-state index in [-0.39, 0.29) is 0 Å². The Morgan fingerprint density at radius 2 is 2.09 bits per heavy atom. The van der Waals surface area contributed by atoms with Gasteiger partial charge in [0.05, 0.1) is 10.4 Å². The maximum Gasteiger partial charge on any atom is 0.122 e. The normalized spacial score (nSPS) is 11.2. The third-order valence-corrected chi connectivity index (χ3v) is 5.75. The van der Waals surface area contributed by atoms with Crippen LogP contribution in [0.2, 0.25) is 5.02 Å². The average molecular weight is 358 g/mol. The van der Waals surface area contributed by atoms with Gasteiger partial charge < -0.3 is 0 Å². The van der Waals surface area contributed by atoms with Crippen LogP contribution in [0.5, 0.6) is 0 Å². The number of hydrogen-bond acceptors (Lipinski definition) is 4. The van der Waals surface area contributed by atoms with Crippen molar-refractivity contribution >= 4 is 40.2 Å². The molecule has 4 rings (SSSR count). The molecule has 0 saturated heterocycles. The summed E-state index contributed by atoms with van der Waals surface area (Å²) in [4.78, 5) is 5.67. The van der Waals surface area contributed by atoms with Gasteiger partial charge in [0.15, 0.2) is 0 Å². The number of aromatic nitrogens is 3. The molecule has 3 heterocycles. The molecule has 114 valence electrons. The molecule has 0 fully saturated rings. The Morgan fingerprint density at radius 1 is 1.17 bits per heavy atom. The summed E-state index contributed by atoms with van der Waals surface area (Å²) in [7, 11) is 0. The summed E-state index contributed by atoms with van der Waals surface area (Å²) < 4.78 is 1.89. The van der Waals surface area contributed by atoms with Crippen LogP contribution >= 0.6 is 34.7 Å². The van der Waals surface area contributed by atoms with E-state index in [1.165, 1.54) is 0 Å². The predicted molar refractivity (Wildman–Crippen MR) is 97.3 cm³/mol. The van der Waals surface area contributed by atoms with Crippen LogP contribution in [-0.2, 0) is 5.75 Å². The molecule has 0 saturated carbocycles. The first-order chi connectivity index (χ1) is 11.3. The maximum atomic E-state index is 6.23. The second-order valence-electron chi connectivity index (χ2n) is 4.95. The largest absolute Gasteiger partial charge is 0.246 e. The molecule has 0 aliphatic heterocycles. The minimum atomic E-state index is 0.784. The molecule has 0 spiro atoms. The zero-order chi connectivity index (χ0) is 15.6. The van der Waals surface area contributed by atoms with Crippen LogP contribution in [0, 0.1) is 0 Å². The van der Waals surface area contributed by atoms with Crippen LogP contribution in [0.3, 0.4) is 0 Å². The molecule has 0 radical (unpaired) electrons. The quantitative estimate of drug-likeness (QED) is 0.458. The average Bonchev–Trinajstić information content (AvgIpc) is 3.23. The van der Waals surface area contributed by atoms with E-state index in [9.17, 15) is 0 Å². The molecule has 3 nitrogen and oxygen atoms in total. The van der Waals surface area contributed by atoms with Crippen LogP contribution in [0.1, 0.15) is 5.56 Å². The van der Waals surface area contributed by atoms with Crippen LogP contribution in [0.25, 0.3) is 16.1 Å². The van der Waals surface area contributed by atoms with Gasteiger partial charge in [0, 0.05) is 23.2 Å². The smallest absolute Gasteiger partial charge is 0.122 e. The van der Waals surface area contributed by atoms with Crippen LogP contribution in [-0.4, -0.2) is 14.6 Å². The van der Waals surface area contributed by atoms with E-state index in [4.69, 9.17) is 11.6 Å². The second kappa shape index (κ2) is 6.35. The Balaban J connectivity index is 1.66. The van der Waals surface area contributed by atoms with Gasteiger partial charge >= 0.3 is 0 Å². The molecule has 0 unspecified atom stereocenters. The summed E-state index contributed by atoms with van der Waals surface area (Å²) >= 11 is 9.59. The van der Waals surface area contributed by atoms with Gasteiger partial charge in [-0.25, -0.2) is 9.50 Å². The highest BCUT2D eigenvalue weighted by molar-refractivity contribution is 7.98. The molecule has 0 aliphatic rings. The van der Waals surface area contributed by atoms with E-state index in [1.54, 1.807) is 29.3 Å². The molecule has 0 amide bonds. The molecule has 4 aromatic rings. The lowest BCUT2D eigenvalue weighted by Crippen LogP contribution is -1.91. The molecule has 3 aromatic heterocycles. The summed E-state index contributed by atoms with van der Waals surface area (Å²) in [5.41, 5.74) is 3.11. The number of rotatable bonds is 4. The fourth-order valence-corrected chi connectivity index (χ4v) is 4.26. The van der Waals surface area contributed by atoms with Gasteiger partial charge in [0.25, 0.3) is 0 Å². The zero-order valence-corrected chi connectivity index (χ0v) is 14.4. The van der Waals surface area contributed by atoms with Crippen molar-refractivity contribution in [1.29, 1.82) is 0 Å². The molecule has 6 heteroatoms. The minimum Gasteiger partial charge on any atom is -0.246 e. The van der Waals surface area contributed by atoms with Crippen molar-refractivity contribution in [2.45, 2.75) is 10.8 Å². The third-order valence-electron chi connectivity index (χ3n) is 3.45. The fourth-order valence-electron chi connectivity index (χ4n) is 2.32. The minimum absolute atomic E-state index is 0.784. The number of benzene rings is 1. The standard InChI is InChI=1S/C17H12ClN3S2/c18-13-5-2-1-4-12(13)11-23-17-15-10-14(16-6-3-9-22-16)20-21(15)8-7-19-17/h1-10H,11H2. The van der Waals surface area contributed by atoms with Crippen molar-refractivity contribution in [1.82, 2.24) is 14.6 Å². The lowest BCUT2D eigenvalue weighted by atomic mass is 10.2. The van der Waals surface area contributed by atoms with E-state index in [0.717, 1.165) is 37.5 Å². The number of fused-ring (bicyclic) bond motifs is 1. The number of hydrogen-bond donors (Lipinski definition) is 0. The van der Waals surface area contributed by atoms with E-state index < -0.39 is 0 Å². The van der Waals surface area contributed by atoms with Crippen LogP contribution < -0.4 is 0 Å². The Hall–Kier alpha value is -1.82. The Labute approximate surface area is 147 Å². The van der Waals surface area contributed by atoms with Crippen molar-refractivity contribution in [2.75, 3.05) is 0 Å². The van der Waals surface area contributed by atoms with Crippen molar-refractivity contribution in [3.05, 3.63) is 70.8 Å². The third kappa shape index (κ3) is 3.00. The van der Waals surface area contributed by atoms with Gasteiger partial charge in [-0.2, -0.15) is 5.10 Å². The summed E-state index contributed by atoms with van der Waals surface area (Å²) in [5, 5.41) is 8.45. The molecular weight excluding hydrogens is 346 g/mol. The van der Waals surface area contributed by atoms with Crippen molar-refractivity contribution < 1.29 is 0 Å². The van der Waals surface area contributed by atoms with E-state index >= 15 is 0 Å². The first-order valence-electron chi connectivity index (χ1n) is 7.06. The molecule has 0 atom stereocenters. The first-order valence-corrected chi connectivity index (χ1v) is 9.30. The van der Waals surface area contributed by atoms with E-state index in [1.807, 2.05) is 41.0 Å². The van der Waals surface area contributed by atoms with Gasteiger partial charge in [-0.15, -0.1) is 11.3 Å². The van der Waals surface area contributed by atoms with Crippen LogP contribution in [0.4, 0.5) is 0 Å². The van der Waals surface area contributed by atoms with Gasteiger partial charge in [0.1, 0.15) is 10.7 Å². The number of nitrogens with zero attached hydrogens (tertiary/aromatic N) is 3. The monoisotopic (exact) mass is 357 g/mol. The zero-order valence-electron chi connectivity index (χ0n) is 12.0. The number of halogens is 1. The van der Waals surface area contributed by atoms with Crippen molar-refractivity contribution in [3.63, 3.8) is 0 Å². The fraction of sp³-hybridized carbons (Fsp3) is 0.0588. The SMILES string of the molecule is Clc1ccccc1CSc1nccn2nc(-c3cccs3)cc12. The van der Waals surface area contributed by atoms with Gasteiger partial charge in [-0.1, -0.05) is 47.6 Å². The maximum absolute atomic E-state index is 6.23. The van der Waals surface area contributed by atoms with Gasteiger partial charge in [-0.05, 0) is 29.1 Å². The first kappa shape index (κ1) is 14.8. The van der Waals surface area contributed by atoms with E-state index in [0.29, 0.717) is 0 Å². The van der Waals surface area contributed by atoms with E-state index in [2.05, 4.69) is 27.6 Å². The lowest BCUT2D eigenvalue weighted by molar-refractivity contribution is 0.921. The van der Waals surface area contributed by atoms with Gasteiger partial charge in [0.2, 0.25) is 0 Å². The van der Waals surface area contributed by atoms with Crippen molar-refractivity contribution in [3.8, 4) is 10.6 Å². The number of thiophene rings is 1. The molecule has 1 aromatic carbocycles. The van der Waals surface area contributed by atoms with Gasteiger partial charge in [-0.3, -0.25) is 0 Å². The Bertz CT molecular complexity index is 948. The highest BCUT2D eigenvalue weighted by atomic mass is 35.5. The summed E-state index contributed by atoms with van der Waals surface area (Å²) in [6.07, 6.45) is 3.67. The Kier molecular flexibility index (Phi) is 4.08. The predicted octanol–water partition coefficient (Wildman–Crippen LogP) is 5.40. The molecular formula is C17H12ClN3S2. The second-order valence-corrected chi connectivity index (χ2v) is 7.27. The van der Waals surface area contributed by atoms with Crippen molar-refractivity contribution in [2.24, 2.45) is 0 Å². The molecule has 0 N–H and O–H groups in total. The summed E-state index contributed by atoms with van der Waals surface area (Å²) in [6, 6.07) is 14.1. The van der Waals surface area contributed by atoms with Crippen LogP contribution in [0.15, 0.2) is 65.3 Å². The topological polar surface area (TPSA) is 30.2 Å². The molecule has 23 heavy (non-hydrogen) atoms. The highest BCUT2D eigenvalue weighted by Gasteiger charge is 2.10. The number of thioether (sulfide) groups is 1.